The molecule has 0 fully saturated rings. The molecule has 0 saturated carbocycles. The van der Waals surface area contributed by atoms with Crippen LogP contribution in [0.2, 0.25) is 0 Å². The van der Waals surface area contributed by atoms with Crippen LogP contribution >= 0.6 is 23.1 Å². The number of carbonyl (C=O) groups is 1. The van der Waals surface area contributed by atoms with Crippen LogP contribution in [0.25, 0.3) is 0 Å². The Balaban J connectivity index is 1.41. The fraction of sp³-hybridized carbons (Fsp3) is 0.261. The third-order valence-electron chi connectivity index (χ3n) is 5.02. The van der Waals surface area contributed by atoms with Crippen LogP contribution in [-0.2, 0) is 23.5 Å². The van der Waals surface area contributed by atoms with E-state index >= 15 is 0 Å². The second-order valence-electron chi connectivity index (χ2n) is 6.99. The number of nitrogens with zero attached hydrogens (tertiary/aromatic N) is 1. The minimum Gasteiger partial charge on any atom is -0.365 e. The molecule has 1 atom stereocenters. The highest BCUT2D eigenvalue weighted by Gasteiger charge is 2.21. The molecule has 3 aromatic rings. The number of thiophene rings is 1. The van der Waals surface area contributed by atoms with Crippen LogP contribution in [0.4, 0.5) is 11.4 Å². The smallest absolute Gasteiger partial charge is 0.237 e. The van der Waals surface area contributed by atoms with Crippen LogP contribution in [0.15, 0.2) is 66.0 Å². The molecule has 1 aliphatic heterocycles. The molecule has 3 nitrogen and oxygen atoms in total. The molecule has 28 heavy (non-hydrogen) atoms. The second kappa shape index (κ2) is 8.84. The Labute approximate surface area is 174 Å². The number of para-hydroxylation sites is 2. The first-order valence-corrected chi connectivity index (χ1v) is 11.5. The standard InChI is InChI=1S/C23H24N2OS2/c1-17(28-16-18-7-3-2-4-8-18)23(26)24-20-9-5-6-10-21(20)25-13-11-22-19(15-25)12-14-27-22/h2-10,12,14,17H,11,13,15-16H2,1H3,(H,24,26). The van der Waals surface area contributed by atoms with E-state index in [9.17, 15) is 4.79 Å². The lowest BCUT2D eigenvalue weighted by Gasteiger charge is -2.31. The molecule has 4 rings (SSSR count). The molecular formula is C23H24N2OS2. The minimum absolute atomic E-state index is 0.0570. The fourth-order valence-electron chi connectivity index (χ4n) is 3.41. The molecular weight excluding hydrogens is 384 g/mol. The van der Waals surface area contributed by atoms with Gasteiger partial charge in [0, 0.05) is 23.7 Å². The Kier molecular flexibility index (Phi) is 6.03. The van der Waals surface area contributed by atoms with E-state index in [1.165, 1.54) is 16.0 Å². The van der Waals surface area contributed by atoms with Crippen molar-refractivity contribution in [2.45, 2.75) is 30.9 Å². The molecule has 2 heterocycles. The Bertz CT molecular complexity index is 939. The average Bonchev–Trinajstić information content (AvgIpc) is 3.21. The van der Waals surface area contributed by atoms with Crippen molar-refractivity contribution in [3.05, 3.63) is 82.0 Å². The molecule has 0 radical (unpaired) electrons. The van der Waals surface area contributed by atoms with E-state index in [1.54, 1.807) is 11.8 Å². The number of fused-ring (bicyclic) bond motifs is 1. The summed E-state index contributed by atoms with van der Waals surface area (Å²) in [4.78, 5) is 16.6. The van der Waals surface area contributed by atoms with Gasteiger partial charge in [-0.15, -0.1) is 23.1 Å². The molecule has 1 unspecified atom stereocenters. The Morgan fingerprint density at radius 1 is 1.14 bits per heavy atom. The maximum atomic E-state index is 12.8. The molecule has 1 aromatic heterocycles. The van der Waals surface area contributed by atoms with E-state index in [4.69, 9.17) is 0 Å². The normalized spacial score (nSPS) is 14.4. The summed E-state index contributed by atoms with van der Waals surface area (Å²) in [7, 11) is 0. The van der Waals surface area contributed by atoms with Crippen molar-refractivity contribution in [1.29, 1.82) is 0 Å². The van der Waals surface area contributed by atoms with E-state index in [2.05, 4.69) is 39.9 Å². The number of benzene rings is 2. The highest BCUT2D eigenvalue weighted by Crippen LogP contribution is 2.32. The predicted octanol–water partition coefficient (Wildman–Crippen LogP) is 5.57. The molecule has 144 valence electrons. The summed E-state index contributed by atoms with van der Waals surface area (Å²) in [5.41, 5.74) is 4.66. The zero-order chi connectivity index (χ0) is 19.3. The number of carbonyl (C=O) groups excluding carboxylic acids is 1. The van der Waals surface area contributed by atoms with E-state index < -0.39 is 0 Å². The van der Waals surface area contributed by atoms with Crippen molar-refractivity contribution in [3.63, 3.8) is 0 Å². The third-order valence-corrected chi connectivity index (χ3v) is 7.26. The molecule has 2 aromatic carbocycles. The van der Waals surface area contributed by atoms with Crippen molar-refractivity contribution in [2.24, 2.45) is 0 Å². The fourth-order valence-corrected chi connectivity index (χ4v) is 5.15. The van der Waals surface area contributed by atoms with Gasteiger partial charge in [0.25, 0.3) is 0 Å². The second-order valence-corrected chi connectivity index (χ2v) is 9.32. The number of hydrogen-bond donors (Lipinski definition) is 1. The van der Waals surface area contributed by atoms with Crippen molar-refractivity contribution in [3.8, 4) is 0 Å². The largest absolute Gasteiger partial charge is 0.365 e. The monoisotopic (exact) mass is 408 g/mol. The van der Waals surface area contributed by atoms with Crippen molar-refractivity contribution in [1.82, 2.24) is 0 Å². The highest BCUT2D eigenvalue weighted by molar-refractivity contribution is 7.99. The lowest BCUT2D eigenvalue weighted by Crippen LogP contribution is -2.31. The lowest BCUT2D eigenvalue weighted by atomic mass is 10.1. The Morgan fingerprint density at radius 3 is 2.79 bits per heavy atom. The van der Waals surface area contributed by atoms with Gasteiger partial charge in [0.15, 0.2) is 0 Å². The van der Waals surface area contributed by atoms with Crippen molar-refractivity contribution >= 4 is 40.4 Å². The summed E-state index contributed by atoms with van der Waals surface area (Å²) in [6.45, 7) is 3.87. The van der Waals surface area contributed by atoms with Gasteiger partial charge in [-0.25, -0.2) is 0 Å². The topological polar surface area (TPSA) is 32.3 Å². The number of hydrogen-bond acceptors (Lipinski definition) is 4. The number of amides is 1. The lowest BCUT2D eigenvalue weighted by molar-refractivity contribution is -0.115. The van der Waals surface area contributed by atoms with Gasteiger partial charge in [-0.2, -0.15) is 0 Å². The van der Waals surface area contributed by atoms with Crippen molar-refractivity contribution < 1.29 is 4.79 Å². The molecule has 1 aliphatic rings. The minimum atomic E-state index is -0.113. The van der Waals surface area contributed by atoms with Gasteiger partial charge in [0.05, 0.1) is 16.6 Å². The predicted molar refractivity (Wildman–Crippen MR) is 121 cm³/mol. The summed E-state index contributed by atoms with van der Waals surface area (Å²) < 4.78 is 0. The SMILES string of the molecule is CC(SCc1ccccc1)C(=O)Nc1ccccc1N1CCc2sccc2C1. The van der Waals surface area contributed by atoms with Crippen LogP contribution in [0, 0.1) is 0 Å². The van der Waals surface area contributed by atoms with Gasteiger partial charge in [-0.3, -0.25) is 4.79 Å². The van der Waals surface area contributed by atoms with Gasteiger partial charge in [0.2, 0.25) is 5.91 Å². The van der Waals surface area contributed by atoms with Gasteiger partial charge in [-0.05, 0) is 48.1 Å². The zero-order valence-electron chi connectivity index (χ0n) is 15.9. The molecule has 0 bridgehead atoms. The maximum absolute atomic E-state index is 12.8. The highest BCUT2D eigenvalue weighted by atomic mass is 32.2. The molecule has 5 heteroatoms. The van der Waals surface area contributed by atoms with Gasteiger partial charge < -0.3 is 10.2 Å². The van der Waals surface area contributed by atoms with Crippen molar-refractivity contribution in [2.75, 3.05) is 16.8 Å². The number of rotatable bonds is 6. The number of thioether (sulfide) groups is 1. The van der Waals surface area contributed by atoms with Gasteiger partial charge >= 0.3 is 0 Å². The van der Waals surface area contributed by atoms with Crippen LogP contribution in [0.3, 0.4) is 0 Å². The van der Waals surface area contributed by atoms with E-state index in [0.717, 1.165) is 36.6 Å². The summed E-state index contributed by atoms with van der Waals surface area (Å²) in [6, 6.07) is 20.6. The quantitative estimate of drug-likeness (QED) is 0.579. The first-order valence-electron chi connectivity index (χ1n) is 9.56. The summed E-state index contributed by atoms with van der Waals surface area (Å²) >= 11 is 3.51. The zero-order valence-corrected chi connectivity index (χ0v) is 17.6. The average molecular weight is 409 g/mol. The van der Waals surface area contributed by atoms with E-state index in [-0.39, 0.29) is 11.2 Å². The van der Waals surface area contributed by atoms with Crippen LogP contribution in [0.5, 0.6) is 0 Å². The molecule has 1 amide bonds. The summed E-state index contributed by atoms with van der Waals surface area (Å²) in [5.74, 6) is 0.894. The van der Waals surface area contributed by atoms with Gasteiger partial charge in [0.1, 0.15) is 0 Å². The van der Waals surface area contributed by atoms with E-state index in [0.29, 0.717) is 0 Å². The number of nitrogens with one attached hydrogen (secondary N) is 1. The summed E-state index contributed by atoms with van der Waals surface area (Å²) in [6.07, 6.45) is 1.07. The van der Waals surface area contributed by atoms with Gasteiger partial charge in [-0.1, -0.05) is 42.5 Å². The molecule has 0 saturated heterocycles. The van der Waals surface area contributed by atoms with Crippen LogP contribution < -0.4 is 10.2 Å². The number of anilines is 2. The molecule has 0 aliphatic carbocycles. The maximum Gasteiger partial charge on any atom is 0.237 e. The third kappa shape index (κ3) is 4.42. The molecule has 1 N–H and O–H groups in total. The van der Waals surface area contributed by atoms with E-state index in [1.807, 2.05) is 54.7 Å². The van der Waals surface area contributed by atoms with Crippen LogP contribution in [-0.4, -0.2) is 17.7 Å². The first-order chi connectivity index (χ1) is 13.7. The Morgan fingerprint density at radius 2 is 1.93 bits per heavy atom. The first kappa shape index (κ1) is 19.1. The van der Waals surface area contributed by atoms with Crippen LogP contribution in [0.1, 0.15) is 22.9 Å². The molecule has 0 spiro atoms. The Hall–Kier alpha value is -2.24. The summed E-state index contributed by atoms with van der Waals surface area (Å²) in [5, 5.41) is 5.22.